The summed E-state index contributed by atoms with van der Waals surface area (Å²) in [5.41, 5.74) is -1.84. The van der Waals surface area contributed by atoms with Gasteiger partial charge in [0.2, 0.25) is 11.8 Å². The molecule has 2 aliphatic carbocycles. The maximum Gasteiger partial charge on any atom is 0.332 e. The first kappa shape index (κ1) is 26.0. The molecule has 0 aromatic heterocycles. The third-order valence-corrected chi connectivity index (χ3v) is 7.14. The van der Waals surface area contributed by atoms with Crippen molar-refractivity contribution in [2.24, 2.45) is 11.3 Å². The van der Waals surface area contributed by atoms with Gasteiger partial charge in [-0.2, -0.15) is 0 Å². The van der Waals surface area contributed by atoms with E-state index in [1.807, 2.05) is 20.8 Å². The van der Waals surface area contributed by atoms with E-state index < -0.39 is 53.0 Å². The highest BCUT2D eigenvalue weighted by molar-refractivity contribution is 5.96. The minimum atomic E-state index is -1.20. The molecule has 0 unspecified atom stereocenters. The van der Waals surface area contributed by atoms with Crippen LogP contribution < -0.4 is 16.0 Å². The van der Waals surface area contributed by atoms with Gasteiger partial charge in [0, 0.05) is 24.9 Å². The highest BCUT2D eigenvalue weighted by Gasteiger charge is 2.62. The molecule has 5 atom stereocenters. The second-order valence-corrected chi connectivity index (χ2v) is 10.8. The largest absolute Gasteiger partial charge is 0.467 e. The number of ether oxygens (including phenoxy) is 1. The summed E-state index contributed by atoms with van der Waals surface area (Å²) in [5.74, 6) is -1.82. The van der Waals surface area contributed by atoms with Crippen molar-refractivity contribution < 1.29 is 29.0 Å². The zero-order valence-corrected chi connectivity index (χ0v) is 20.6. The molecule has 2 saturated carbocycles. The topological polar surface area (TPSA) is 137 Å². The fourth-order valence-electron chi connectivity index (χ4n) is 5.04. The molecule has 0 aromatic rings. The summed E-state index contributed by atoms with van der Waals surface area (Å²) >= 11 is 0. The Kier molecular flexibility index (Phi) is 7.59. The zero-order valence-electron chi connectivity index (χ0n) is 20.6. The lowest BCUT2D eigenvalue weighted by Crippen LogP contribution is -2.60. The Morgan fingerprint density at radius 2 is 1.85 bits per heavy atom. The van der Waals surface area contributed by atoms with Gasteiger partial charge in [-0.1, -0.05) is 39.7 Å². The van der Waals surface area contributed by atoms with Crippen LogP contribution in [-0.4, -0.2) is 77.2 Å². The standard InChI is InChI=1S/C24H38N4O6/c1-6-14-12-24(14,21(32)34-5)27-19(30)17-11-16(29)13-28(17)20(31)18(23(2,3)4)26-22(33)25-15-9-7-8-10-15/h6,14-18,29H,1,7-13H2,2-5H3,(H,27,30)(H2,25,26,33)/t14-,16+,17+,18-,24-/m1/s1. The smallest absolute Gasteiger partial charge is 0.332 e. The Labute approximate surface area is 200 Å². The molecule has 0 radical (unpaired) electrons. The molecule has 1 heterocycles. The van der Waals surface area contributed by atoms with Gasteiger partial charge in [-0.25, -0.2) is 9.59 Å². The number of urea groups is 1. The second-order valence-electron chi connectivity index (χ2n) is 10.8. The van der Waals surface area contributed by atoms with Crippen molar-refractivity contribution in [2.45, 2.75) is 89.1 Å². The fourth-order valence-corrected chi connectivity index (χ4v) is 5.04. The van der Waals surface area contributed by atoms with Gasteiger partial charge >= 0.3 is 12.0 Å². The number of nitrogens with zero attached hydrogens (tertiary/aromatic N) is 1. The molecule has 1 saturated heterocycles. The normalized spacial score (nSPS) is 29.8. The predicted molar refractivity (Wildman–Crippen MR) is 124 cm³/mol. The number of rotatable bonds is 7. The van der Waals surface area contributed by atoms with Gasteiger partial charge in [0.05, 0.1) is 13.2 Å². The van der Waals surface area contributed by atoms with Crippen LogP contribution in [0.25, 0.3) is 0 Å². The van der Waals surface area contributed by atoms with E-state index in [2.05, 4.69) is 22.5 Å². The molecule has 0 aromatic carbocycles. The van der Waals surface area contributed by atoms with E-state index in [0.717, 1.165) is 25.7 Å². The van der Waals surface area contributed by atoms with Crippen LogP contribution in [0.3, 0.4) is 0 Å². The fraction of sp³-hybridized carbons (Fsp3) is 0.750. The Hall–Kier alpha value is -2.62. The van der Waals surface area contributed by atoms with Gasteiger partial charge in [0.15, 0.2) is 0 Å². The molecule has 0 spiro atoms. The van der Waals surface area contributed by atoms with E-state index in [4.69, 9.17) is 4.74 Å². The summed E-state index contributed by atoms with van der Waals surface area (Å²) in [4.78, 5) is 53.1. The van der Waals surface area contributed by atoms with Crippen molar-refractivity contribution in [3.8, 4) is 0 Å². The van der Waals surface area contributed by atoms with Crippen LogP contribution in [0.2, 0.25) is 0 Å². The van der Waals surface area contributed by atoms with E-state index in [-0.39, 0.29) is 24.9 Å². The molecular formula is C24H38N4O6. The van der Waals surface area contributed by atoms with Gasteiger partial charge in [-0.15, -0.1) is 6.58 Å². The van der Waals surface area contributed by atoms with E-state index in [0.29, 0.717) is 6.42 Å². The summed E-state index contributed by atoms with van der Waals surface area (Å²) < 4.78 is 4.86. The Balaban J connectivity index is 1.74. The van der Waals surface area contributed by atoms with Gasteiger partial charge < -0.3 is 30.7 Å². The second kappa shape index (κ2) is 9.93. The van der Waals surface area contributed by atoms with Crippen molar-refractivity contribution >= 4 is 23.8 Å². The number of aliphatic hydroxyl groups is 1. The van der Waals surface area contributed by atoms with E-state index in [1.54, 1.807) is 6.08 Å². The molecule has 10 heteroatoms. The van der Waals surface area contributed by atoms with Crippen molar-refractivity contribution in [1.29, 1.82) is 0 Å². The maximum atomic E-state index is 13.6. The van der Waals surface area contributed by atoms with Crippen LogP contribution in [-0.2, 0) is 19.1 Å². The van der Waals surface area contributed by atoms with Crippen LogP contribution in [0, 0.1) is 11.3 Å². The molecule has 1 aliphatic heterocycles. The minimum absolute atomic E-state index is 0.0362. The van der Waals surface area contributed by atoms with Crippen molar-refractivity contribution in [3.63, 3.8) is 0 Å². The van der Waals surface area contributed by atoms with E-state index in [9.17, 15) is 24.3 Å². The number of nitrogens with one attached hydrogen (secondary N) is 3. The number of hydrogen-bond acceptors (Lipinski definition) is 6. The molecule has 0 bridgehead atoms. The predicted octanol–water partition coefficient (Wildman–Crippen LogP) is 0.839. The Morgan fingerprint density at radius 3 is 2.38 bits per heavy atom. The van der Waals surface area contributed by atoms with Gasteiger partial charge in [-0.3, -0.25) is 9.59 Å². The molecule has 190 valence electrons. The highest BCUT2D eigenvalue weighted by atomic mass is 16.5. The summed E-state index contributed by atoms with van der Waals surface area (Å²) in [6, 6.07) is -2.21. The molecule has 10 nitrogen and oxygen atoms in total. The molecule has 34 heavy (non-hydrogen) atoms. The van der Waals surface area contributed by atoms with E-state index >= 15 is 0 Å². The number of aliphatic hydroxyl groups excluding tert-OH is 1. The number of esters is 1. The minimum Gasteiger partial charge on any atom is -0.467 e. The van der Waals surface area contributed by atoms with Crippen LogP contribution in [0.1, 0.15) is 59.3 Å². The SMILES string of the molecule is C=C[C@@H]1C[C@]1(NC(=O)[C@@H]1C[C@H](O)CN1C(=O)[C@@H](NC(=O)NC1CCCC1)C(C)(C)C)C(=O)OC. The lowest BCUT2D eigenvalue weighted by atomic mass is 9.85. The Morgan fingerprint density at radius 1 is 1.21 bits per heavy atom. The quantitative estimate of drug-likeness (QED) is 0.316. The third kappa shape index (κ3) is 5.37. The van der Waals surface area contributed by atoms with Gasteiger partial charge in [-0.05, 0) is 24.7 Å². The highest BCUT2D eigenvalue weighted by Crippen LogP contribution is 2.45. The zero-order chi connectivity index (χ0) is 25.3. The molecule has 4 N–H and O–H groups in total. The molecule has 3 fully saturated rings. The molecule has 4 amide bonds. The summed E-state index contributed by atoms with van der Waals surface area (Å²) in [7, 11) is 1.25. The van der Waals surface area contributed by atoms with Crippen molar-refractivity contribution in [1.82, 2.24) is 20.9 Å². The average molecular weight is 479 g/mol. The lowest BCUT2D eigenvalue weighted by Gasteiger charge is -2.35. The number of β-amino-alcohol motifs (C(OH)–C–C–N with tert-alkyl or cyclic N) is 1. The van der Waals surface area contributed by atoms with Crippen LogP contribution in [0.15, 0.2) is 12.7 Å². The average Bonchev–Trinajstić information content (AvgIpc) is 3.07. The monoisotopic (exact) mass is 478 g/mol. The summed E-state index contributed by atoms with van der Waals surface area (Å²) in [6.07, 6.45) is 5.06. The number of carbonyl (C=O) groups excluding carboxylic acids is 4. The first-order valence-corrected chi connectivity index (χ1v) is 12.0. The maximum absolute atomic E-state index is 13.6. The van der Waals surface area contributed by atoms with E-state index in [1.165, 1.54) is 12.0 Å². The molecule has 3 aliphatic rings. The molecule has 3 rings (SSSR count). The number of hydrogen-bond donors (Lipinski definition) is 4. The van der Waals surface area contributed by atoms with Crippen molar-refractivity contribution in [3.05, 3.63) is 12.7 Å². The van der Waals surface area contributed by atoms with Crippen LogP contribution in [0.4, 0.5) is 4.79 Å². The van der Waals surface area contributed by atoms with Crippen LogP contribution >= 0.6 is 0 Å². The van der Waals surface area contributed by atoms with Gasteiger partial charge in [0.1, 0.15) is 17.6 Å². The lowest BCUT2D eigenvalue weighted by molar-refractivity contribution is -0.148. The Bertz CT molecular complexity index is 834. The summed E-state index contributed by atoms with van der Waals surface area (Å²) in [5, 5.41) is 18.8. The van der Waals surface area contributed by atoms with Crippen LogP contribution in [0.5, 0.6) is 0 Å². The van der Waals surface area contributed by atoms with Gasteiger partial charge in [0.25, 0.3) is 0 Å². The summed E-state index contributed by atoms with van der Waals surface area (Å²) in [6.45, 7) is 9.16. The number of amides is 4. The number of likely N-dealkylation sites (tertiary alicyclic amines) is 1. The van der Waals surface area contributed by atoms with Crippen molar-refractivity contribution in [2.75, 3.05) is 13.7 Å². The first-order chi connectivity index (χ1) is 15.9. The first-order valence-electron chi connectivity index (χ1n) is 12.0. The third-order valence-electron chi connectivity index (χ3n) is 7.14. The number of methoxy groups -OCH3 is 1. The molecular weight excluding hydrogens is 440 g/mol. The number of carbonyl (C=O) groups is 4.